The molecule has 0 aromatic carbocycles. The van der Waals surface area contributed by atoms with E-state index < -0.39 is 0 Å². The van der Waals surface area contributed by atoms with Crippen LogP contribution in [0.5, 0.6) is 0 Å². The monoisotopic (exact) mass is 241 g/mol. The average molecular weight is 241 g/mol. The third kappa shape index (κ3) is 5.39. The molecule has 1 N–H and O–H groups in total. The molecule has 0 aromatic rings. The number of hydrogen-bond acceptors (Lipinski definition) is 2. The van der Waals surface area contributed by atoms with Crippen molar-refractivity contribution in [3.8, 4) is 0 Å². The first-order valence-corrected chi connectivity index (χ1v) is 7.15. The van der Waals surface area contributed by atoms with Crippen LogP contribution in [0, 0.1) is 5.41 Å². The highest BCUT2D eigenvalue weighted by Crippen LogP contribution is 2.37. The molecule has 2 atom stereocenters. The summed E-state index contributed by atoms with van der Waals surface area (Å²) in [6, 6.07) is 0.601. The highest BCUT2D eigenvalue weighted by molar-refractivity contribution is 4.85. The second-order valence-electron chi connectivity index (χ2n) is 7.07. The van der Waals surface area contributed by atoms with Gasteiger partial charge in [0.1, 0.15) is 0 Å². The van der Waals surface area contributed by atoms with Gasteiger partial charge in [-0.15, -0.1) is 0 Å². The zero-order valence-corrected chi connectivity index (χ0v) is 12.6. The Labute approximate surface area is 108 Å². The molecular weight excluding hydrogens is 210 g/mol. The van der Waals surface area contributed by atoms with E-state index in [9.17, 15) is 0 Å². The van der Waals surface area contributed by atoms with Gasteiger partial charge in [0.2, 0.25) is 0 Å². The summed E-state index contributed by atoms with van der Waals surface area (Å²) in [4.78, 5) is 0. The standard InChI is InChI=1S/C15H31NO/c1-7-16-12(2)10-14(3,4)11-13-8-9-15(5,6)17-13/h12-13,16H,7-11H2,1-6H3. The lowest BCUT2D eigenvalue weighted by molar-refractivity contribution is -0.0333. The van der Waals surface area contributed by atoms with E-state index in [1.165, 1.54) is 25.7 Å². The van der Waals surface area contributed by atoms with Crippen molar-refractivity contribution in [2.45, 2.75) is 85.0 Å². The molecule has 17 heavy (non-hydrogen) atoms. The summed E-state index contributed by atoms with van der Waals surface area (Å²) in [6.07, 6.45) is 5.31. The van der Waals surface area contributed by atoms with Gasteiger partial charge in [0.05, 0.1) is 11.7 Å². The van der Waals surface area contributed by atoms with Gasteiger partial charge in [0.25, 0.3) is 0 Å². The van der Waals surface area contributed by atoms with Gasteiger partial charge in [-0.2, -0.15) is 0 Å². The number of hydrogen-bond donors (Lipinski definition) is 1. The van der Waals surface area contributed by atoms with Crippen LogP contribution in [-0.4, -0.2) is 24.3 Å². The Morgan fingerprint density at radius 3 is 2.53 bits per heavy atom. The van der Waals surface area contributed by atoms with Crippen LogP contribution in [0.1, 0.15) is 67.2 Å². The van der Waals surface area contributed by atoms with Gasteiger partial charge >= 0.3 is 0 Å². The maximum absolute atomic E-state index is 6.11. The van der Waals surface area contributed by atoms with Crippen LogP contribution < -0.4 is 5.32 Å². The topological polar surface area (TPSA) is 21.3 Å². The van der Waals surface area contributed by atoms with E-state index in [1.807, 2.05) is 0 Å². The van der Waals surface area contributed by atoms with Crippen molar-refractivity contribution >= 4 is 0 Å². The first-order valence-electron chi connectivity index (χ1n) is 7.15. The van der Waals surface area contributed by atoms with Crippen LogP contribution in [0.3, 0.4) is 0 Å². The van der Waals surface area contributed by atoms with Crippen LogP contribution in [0.25, 0.3) is 0 Å². The van der Waals surface area contributed by atoms with Crippen molar-refractivity contribution in [1.82, 2.24) is 5.32 Å². The third-order valence-electron chi connectivity index (χ3n) is 3.75. The Morgan fingerprint density at radius 1 is 1.41 bits per heavy atom. The number of rotatable bonds is 6. The zero-order valence-electron chi connectivity index (χ0n) is 12.6. The van der Waals surface area contributed by atoms with Crippen molar-refractivity contribution < 1.29 is 4.74 Å². The quantitative estimate of drug-likeness (QED) is 0.764. The molecule has 1 aliphatic heterocycles. The van der Waals surface area contributed by atoms with Crippen molar-refractivity contribution in [3.05, 3.63) is 0 Å². The minimum absolute atomic E-state index is 0.105. The van der Waals surface area contributed by atoms with Gasteiger partial charge in [0.15, 0.2) is 0 Å². The SMILES string of the molecule is CCNC(C)CC(C)(C)CC1CCC(C)(C)O1. The summed E-state index contributed by atoms with van der Waals surface area (Å²) in [5.74, 6) is 0. The van der Waals surface area contributed by atoms with Gasteiger partial charge in [0, 0.05) is 6.04 Å². The lowest BCUT2D eigenvalue weighted by atomic mass is 9.80. The largest absolute Gasteiger partial charge is 0.372 e. The van der Waals surface area contributed by atoms with Gasteiger partial charge in [-0.25, -0.2) is 0 Å². The van der Waals surface area contributed by atoms with E-state index >= 15 is 0 Å². The molecule has 1 heterocycles. The first-order chi connectivity index (χ1) is 7.74. The molecule has 0 aliphatic carbocycles. The Hall–Kier alpha value is -0.0800. The zero-order chi connectivity index (χ0) is 13.1. The average Bonchev–Trinajstić information content (AvgIpc) is 2.43. The summed E-state index contributed by atoms with van der Waals surface area (Å²) in [6.45, 7) is 14.7. The maximum Gasteiger partial charge on any atom is 0.0631 e. The molecule has 0 aromatic heterocycles. The van der Waals surface area contributed by atoms with Crippen LogP contribution in [-0.2, 0) is 4.74 Å². The molecule has 1 rings (SSSR count). The number of nitrogens with one attached hydrogen (secondary N) is 1. The summed E-state index contributed by atoms with van der Waals surface area (Å²) in [7, 11) is 0. The molecule has 0 bridgehead atoms. The minimum atomic E-state index is 0.105. The minimum Gasteiger partial charge on any atom is -0.372 e. The van der Waals surface area contributed by atoms with E-state index in [0.29, 0.717) is 17.6 Å². The Bertz CT molecular complexity index is 235. The Morgan fingerprint density at radius 2 is 2.06 bits per heavy atom. The predicted molar refractivity (Wildman–Crippen MR) is 74.3 cm³/mol. The van der Waals surface area contributed by atoms with Crippen molar-refractivity contribution in [3.63, 3.8) is 0 Å². The van der Waals surface area contributed by atoms with Gasteiger partial charge in [-0.05, 0) is 58.4 Å². The van der Waals surface area contributed by atoms with Crippen molar-refractivity contribution in [2.75, 3.05) is 6.54 Å². The fraction of sp³-hybridized carbons (Fsp3) is 1.00. The summed E-state index contributed by atoms with van der Waals surface area (Å²) < 4.78 is 6.11. The predicted octanol–water partition coefficient (Wildman–Crippen LogP) is 3.75. The maximum atomic E-state index is 6.11. The number of ether oxygens (including phenoxy) is 1. The Balaban J connectivity index is 2.39. The molecule has 1 fully saturated rings. The fourth-order valence-corrected chi connectivity index (χ4v) is 3.17. The molecule has 1 aliphatic rings. The molecule has 2 heteroatoms. The molecule has 0 radical (unpaired) electrons. The summed E-state index contributed by atoms with van der Waals surface area (Å²) in [5, 5.41) is 3.50. The Kier molecular flexibility index (Phi) is 5.03. The van der Waals surface area contributed by atoms with E-state index in [0.717, 1.165) is 6.54 Å². The second kappa shape index (κ2) is 5.71. The lowest BCUT2D eigenvalue weighted by Crippen LogP contribution is -2.33. The van der Waals surface area contributed by atoms with E-state index in [4.69, 9.17) is 4.74 Å². The van der Waals surface area contributed by atoms with Crippen LogP contribution >= 0.6 is 0 Å². The van der Waals surface area contributed by atoms with Gasteiger partial charge in [-0.3, -0.25) is 0 Å². The molecule has 0 amide bonds. The smallest absolute Gasteiger partial charge is 0.0631 e. The van der Waals surface area contributed by atoms with Crippen LogP contribution in [0.15, 0.2) is 0 Å². The molecule has 2 nitrogen and oxygen atoms in total. The second-order valence-corrected chi connectivity index (χ2v) is 7.07. The van der Waals surface area contributed by atoms with Gasteiger partial charge < -0.3 is 10.1 Å². The van der Waals surface area contributed by atoms with Crippen molar-refractivity contribution in [2.24, 2.45) is 5.41 Å². The highest BCUT2D eigenvalue weighted by atomic mass is 16.5. The van der Waals surface area contributed by atoms with Crippen LogP contribution in [0.4, 0.5) is 0 Å². The fourth-order valence-electron chi connectivity index (χ4n) is 3.17. The van der Waals surface area contributed by atoms with Gasteiger partial charge in [-0.1, -0.05) is 20.8 Å². The van der Waals surface area contributed by atoms with E-state index in [2.05, 4.69) is 46.9 Å². The molecule has 1 saturated heterocycles. The summed E-state index contributed by atoms with van der Waals surface area (Å²) >= 11 is 0. The lowest BCUT2D eigenvalue weighted by Gasteiger charge is -2.31. The third-order valence-corrected chi connectivity index (χ3v) is 3.75. The first kappa shape index (κ1) is 15.0. The normalized spacial score (nSPS) is 26.1. The van der Waals surface area contributed by atoms with E-state index in [1.54, 1.807) is 0 Å². The molecule has 0 spiro atoms. The highest BCUT2D eigenvalue weighted by Gasteiger charge is 2.35. The summed E-state index contributed by atoms with van der Waals surface area (Å²) in [5.41, 5.74) is 0.473. The molecule has 102 valence electrons. The van der Waals surface area contributed by atoms with E-state index in [-0.39, 0.29) is 5.60 Å². The van der Waals surface area contributed by atoms with Crippen LogP contribution in [0.2, 0.25) is 0 Å². The molecule has 0 saturated carbocycles. The van der Waals surface area contributed by atoms with Crippen molar-refractivity contribution in [1.29, 1.82) is 0 Å². The molecule has 2 unspecified atom stereocenters. The molecular formula is C15H31NO.